The molecule has 1 aromatic carbocycles. The third-order valence-corrected chi connectivity index (χ3v) is 2.07. The average molecular weight is 236 g/mol. The van der Waals surface area contributed by atoms with E-state index in [2.05, 4.69) is 10.1 Å². The van der Waals surface area contributed by atoms with Crippen LogP contribution < -0.4 is 5.73 Å². The smallest absolute Gasteiger partial charge is 0.270 e. The van der Waals surface area contributed by atoms with Crippen LogP contribution in [-0.2, 0) is 6.54 Å². The van der Waals surface area contributed by atoms with Crippen molar-refractivity contribution in [3.63, 3.8) is 0 Å². The van der Waals surface area contributed by atoms with E-state index in [1.165, 1.54) is 18.2 Å². The van der Waals surface area contributed by atoms with Gasteiger partial charge in [0.1, 0.15) is 5.75 Å². The summed E-state index contributed by atoms with van der Waals surface area (Å²) in [6.45, 7) is 0.0582. The minimum absolute atomic E-state index is 0.0582. The standard InChI is InChI=1S/C9H8N4O4/c10-4-8-11-9(12-17-8)6-3-5(13(15)16)1-2-7(6)14/h1-3,14H,4,10H2. The fraction of sp³-hybridized carbons (Fsp3) is 0.111. The van der Waals surface area contributed by atoms with E-state index in [0.717, 1.165) is 0 Å². The van der Waals surface area contributed by atoms with E-state index in [4.69, 9.17) is 10.3 Å². The van der Waals surface area contributed by atoms with Gasteiger partial charge in [-0.2, -0.15) is 4.98 Å². The molecule has 0 aliphatic carbocycles. The lowest BCUT2D eigenvalue weighted by molar-refractivity contribution is -0.384. The van der Waals surface area contributed by atoms with Gasteiger partial charge < -0.3 is 15.4 Å². The summed E-state index contributed by atoms with van der Waals surface area (Å²) >= 11 is 0. The second kappa shape index (κ2) is 4.18. The fourth-order valence-corrected chi connectivity index (χ4v) is 1.26. The Morgan fingerprint density at radius 1 is 1.53 bits per heavy atom. The second-order valence-electron chi connectivity index (χ2n) is 3.17. The number of aromatic nitrogens is 2. The number of nitro groups is 1. The molecule has 17 heavy (non-hydrogen) atoms. The normalized spacial score (nSPS) is 10.4. The van der Waals surface area contributed by atoms with Gasteiger partial charge in [-0.3, -0.25) is 10.1 Å². The molecule has 88 valence electrons. The predicted molar refractivity (Wildman–Crippen MR) is 55.9 cm³/mol. The zero-order valence-electron chi connectivity index (χ0n) is 8.53. The second-order valence-corrected chi connectivity index (χ2v) is 3.17. The number of benzene rings is 1. The molecule has 0 unspecified atom stereocenters. The lowest BCUT2D eigenvalue weighted by Crippen LogP contribution is -1.95. The number of nitrogens with two attached hydrogens (primary N) is 1. The minimum atomic E-state index is -0.577. The van der Waals surface area contributed by atoms with Crippen LogP contribution in [0.25, 0.3) is 11.4 Å². The van der Waals surface area contributed by atoms with Crippen LogP contribution in [-0.4, -0.2) is 20.2 Å². The van der Waals surface area contributed by atoms with Crippen LogP contribution in [0.5, 0.6) is 5.75 Å². The van der Waals surface area contributed by atoms with Crippen molar-refractivity contribution in [2.45, 2.75) is 6.54 Å². The molecule has 2 aromatic rings. The summed E-state index contributed by atoms with van der Waals surface area (Å²) in [4.78, 5) is 13.9. The molecule has 1 aromatic heterocycles. The highest BCUT2D eigenvalue weighted by atomic mass is 16.6. The molecule has 0 atom stereocenters. The summed E-state index contributed by atoms with van der Waals surface area (Å²) < 4.78 is 4.76. The maximum atomic E-state index is 10.6. The number of aromatic hydroxyl groups is 1. The van der Waals surface area contributed by atoms with Gasteiger partial charge in [0.05, 0.1) is 17.0 Å². The Hall–Kier alpha value is -2.48. The summed E-state index contributed by atoms with van der Waals surface area (Å²) in [7, 11) is 0. The van der Waals surface area contributed by atoms with Gasteiger partial charge >= 0.3 is 0 Å². The molecule has 0 saturated heterocycles. The van der Waals surface area contributed by atoms with Crippen LogP contribution in [0, 0.1) is 10.1 Å². The zero-order chi connectivity index (χ0) is 12.4. The third kappa shape index (κ3) is 2.06. The number of nitro benzene ring substituents is 1. The van der Waals surface area contributed by atoms with Crippen LogP contribution in [0.1, 0.15) is 5.89 Å². The molecule has 8 heteroatoms. The molecular weight excluding hydrogens is 228 g/mol. The average Bonchev–Trinajstić information content (AvgIpc) is 2.77. The SMILES string of the molecule is NCc1nc(-c2cc([N+](=O)[O-])ccc2O)no1. The number of hydrogen-bond acceptors (Lipinski definition) is 7. The molecular formula is C9H8N4O4. The highest BCUT2D eigenvalue weighted by molar-refractivity contribution is 5.66. The van der Waals surface area contributed by atoms with E-state index in [0.29, 0.717) is 0 Å². The van der Waals surface area contributed by atoms with E-state index in [1.54, 1.807) is 0 Å². The summed E-state index contributed by atoms with van der Waals surface area (Å²) in [6.07, 6.45) is 0. The summed E-state index contributed by atoms with van der Waals surface area (Å²) in [5.41, 5.74) is 5.25. The van der Waals surface area contributed by atoms with E-state index in [9.17, 15) is 15.2 Å². The Morgan fingerprint density at radius 2 is 2.29 bits per heavy atom. The Bertz CT molecular complexity index is 566. The first-order valence-corrected chi connectivity index (χ1v) is 4.62. The number of phenolic OH excluding ortho intramolecular Hbond substituents is 1. The van der Waals surface area contributed by atoms with E-state index in [-0.39, 0.29) is 35.3 Å². The van der Waals surface area contributed by atoms with Crippen LogP contribution >= 0.6 is 0 Å². The molecule has 0 amide bonds. The maximum absolute atomic E-state index is 10.6. The molecule has 2 rings (SSSR count). The Kier molecular flexibility index (Phi) is 2.71. The number of phenols is 1. The number of non-ortho nitro benzene ring substituents is 1. The number of hydrogen-bond donors (Lipinski definition) is 2. The molecule has 0 spiro atoms. The van der Waals surface area contributed by atoms with Crippen molar-refractivity contribution in [3.8, 4) is 17.1 Å². The van der Waals surface area contributed by atoms with Gasteiger partial charge in [0, 0.05) is 12.1 Å². The molecule has 3 N–H and O–H groups in total. The van der Waals surface area contributed by atoms with Gasteiger partial charge in [0.25, 0.3) is 5.69 Å². The summed E-state index contributed by atoms with van der Waals surface area (Å²) in [6, 6.07) is 3.55. The van der Waals surface area contributed by atoms with Crippen molar-refractivity contribution in [3.05, 3.63) is 34.2 Å². The van der Waals surface area contributed by atoms with Crippen molar-refractivity contribution >= 4 is 5.69 Å². The molecule has 8 nitrogen and oxygen atoms in total. The van der Waals surface area contributed by atoms with Crippen LogP contribution in [0.15, 0.2) is 22.7 Å². The number of nitrogens with zero attached hydrogens (tertiary/aromatic N) is 3. The quantitative estimate of drug-likeness (QED) is 0.595. The number of rotatable bonds is 3. The Morgan fingerprint density at radius 3 is 2.88 bits per heavy atom. The largest absolute Gasteiger partial charge is 0.507 e. The van der Waals surface area contributed by atoms with Gasteiger partial charge in [-0.05, 0) is 6.07 Å². The maximum Gasteiger partial charge on any atom is 0.270 e. The van der Waals surface area contributed by atoms with Crippen molar-refractivity contribution in [2.24, 2.45) is 5.73 Å². The molecule has 0 saturated carbocycles. The first kappa shape index (κ1) is 11.0. The lowest BCUT2D eigenvalue weighted by atomic mass is 10.1. The first-order chi connectivity index (χ1) is 8.11. The lowest BCUT2D eigenvalue weighted by Gasteiger charge is -1.98. The van der Waals surface area contributed by atoms with Gasteiger partial charge in [-0.25, -0.2) is 0 Å². The molecule has 0 fully saturated rings. The molecule has 0 aliphatic rings. The zero-order valence-corrected chi connectivity index (χ0v) is 8.53. The minimum Gasteiger partial charge on any atom is -0.507 e. The highest BCUT2D eigenvalue weighted by Gasteiger charge is 2.16. The van der Waals surface area contributed by atoms with Gasteiger partial charge in [0.2, 0.25) is 11.7 Å². The van der Waals surface area contributed by atoms with Crippen LogP contribution in [0.4, 0.5) is 5.69 Å². The van der Waals surface area contributed by atoms with Gasteiger partial charge in [-0.15, -0.1) is 0 Å². The van der Waals surface area contributed by atoms with E-state index >= 15 is 0 Å². The van der Waals surface area contributed by atoms with Gasteiger partial charge in [-0.1, -0.05) is 5.16 Å². The van der Waals surface area contributed by atoms with Gasteiger partial charge in [0.15, 0.2) is 0 Å². The Balaban J connectivity index is 2.49. The predicted octanol–water partition coefficient (Wildman–Crippen LogP) is 0.809. The summed E-state index contributed by atoms with van der Waals surface area (Å²) in [5.74, 6) is 0.0810. The molecule has 0 radical (unpaired) electrons. The van der Waals surface area contributed by atoms with Crippen molar-refractivity contribution < 1.29 is 14.6 Å². The van der Waals surface area contributed by atoms with E-state index in [1.807, 2.05) is 0 Å². The third-order valence-electron chi connectivity index (χ3n) is 2.07. The summed E-state index contributed by atoms with van der Waals surface area (Å²) in [5, 5.41) is 23.7. The van der Waals surface area contributed by atoms with Crippen molar-refractivity contribution in [1.82, 2.24) is 10.1 Å². The Labute approximate surface area is 94.8 Å². The topological polar surface area (TPSA) is 128 Å². The first-order valence-electron chi connectivity index (χ1n) is 4.62. The highest BCUT2D eigenvalue weighted by Crippen LogP contribution is 2.30. The molecule has 1 heterocycles. The van der Waals surface area contributed by atoms with E-state index < -0.39 is 4.92 Å². The van der Waals surface area contributed by atoms with Crippen LogP contribution in [0.2, 0.25) is 0 Å². The molecule has 0 aliphatic heterocycles. The van der Waals surface area contributed by atoms with Crippen molar-refractivity contribution in [2.75, 3.05) is 0 Å². The molecule has 0 bridgehead atoms. The fourth-order valence-electron chi connectivity index (χ4n) is 1.26. The van der Waals surface area contributed by atoms with Crippen LogP contribution in [0.3, 0.4) is 0 Å². The monoisotopic (exact) mass is 236 g/mol. The van der Waals surface area contributed by atoms with Crippen molar-refractivity contribution in [1.29, 1.82) is 0 Å².